The maximum atomic E-state index is 12.8. The summed E-state index contributed by atoms with van der Waals surface area (Å²) in [7, 11) is 0. The maximum absolute atomic E-state index is 12.8. The molecule has 0 spiro atoms. The third kappa shape index (κ3) is 3.23. The summed E-state index contributed by atoms with van der Waals surface area (Å²) in [4.78, 5) is 24.3. The molecule has 6 heteroatoms. The molecule has 0 fully saturated rings. The van der Waals surface area contributed by atoms with Crippen LogP contribution in [0.1, 0.15) is 30.3 Å². The Morgan fingerprint density at radius 2 is 2.00 bits per heavy atom. The molecule has 5 rings (SSSR count). The lowest BCUT2D eigenvalue weighted by Crippen LogP contribution is -2.28. The Labute approximate surface area is 174 Å². The monoisotopic (exact) mass is 400 g/mol. The van der Waals surface area contributed by atoms with E-state index in [0.29, 0.717) is 16.8 Å². The first-order valence-electron chi connectivity index (χ1n) is 10.3. The standard InChI is InChI=1S/C24H24N4O2/c1-4-27-9-7-17(8-10-27)18-5-6-19-12-22(30-24(29)20(19)11-18)21-14-28-13-15(2)25-16(3)23(28)26-21/h5-7,11-14H,4,8-10H2,1-3H3. The molecule has 4 heterocycles. The minimum absolute atomic E-state index is 0.334. The lowest BCUT2D eigenvalue weighted by atomic mass is 9.97. The van der Waals surface area contributed by atoms with Gasteiger partial charge in [-0.05, 0) is 55.5 Å². The van der Waals surface area contributed by atoms with E-state index in [2.05, 4.69) is 33.9 Å². The summed E-state index contributed by atoms with van der Waals surface area (Å²) >= 11 is 0. The van der Waals surface area contributed by atoms with E-state index in [1.807, 2.05) is 48.8 Å². The van der Waals surface area contributed by atoms with Crippen LogP contribution in [0.3, 0.4) is 0 Å². The van der Waals surface area contributed by atoms with Crippen molar-refractivity contribution in [2.24, 2.45) is 0 Å². The van der Waals surface area contributed by atoms with Gasteiger partial charge < -0.3 is 8.82 Å². The molecule has 0 atom stereocenters. The molecule has 0 unspecified atom stereocenters. The summed E-state index contributed by atoms with van der Waals surface area (Å²) in [5.74, 6) is 0.469. The van der Waals surface area contributed by atoms with Crippen LogP contribution in [0.25, 0.3) is 33.4 Å². The first kappa shape index (κ1) is 18.8. The molecule has 0 N–H and O–H groups in total. The summed E-state index contributed by atoms with van der Waals surface area (Å²) < 4.78 is 7.60. The van der Waals surface area contributed by atoms with Crippen LogP contribution >= 0.6 is 0 Å². The van der Waals surface area contributed by atoms with E-state index in [0.717, 1.165) is 54.0 Å². The molecule has 0 bridgehead atoms. The Morgan fingerprint density at radius 1 is 1.13 bits per heavy atom. The van der Waals surface area contributed by atoms with Crippen molar-refractivity contribution in [1.82, 2.24) is 19.3 Å². The summed E-state index contributed by atoms with van der Waals surface area (Å²) in [6.07, 6.45) is 7.06. The van der Waals surface area contributed by atoms with Crippen molar-refractivity contribution in [2.75, 3.05) is 19.6 Å². The molecular weight excluding hydrogens is 376 g/mol. The normalized spacial score (nSPS) is 15.1. The maximum Gasteiger partial charge on any atom is 0.344 e. The van der Waals surface area contributed by atoms with Gasteiger partial charge in [-0.1, -0.05) is 25.1 Å². The van der Waals surface area contributed by atoms with Crippen molar-refractivity contribution in [2.45, 2.75) is 27.2 Å². The van der Waals surface area contributed by atoms with Crippen LogP contribution in [0, 0.1) is 13.8 Å². The van der Waals surface area contributed by atoms with Crippen molar-refractivity contribution in [1.29, 1.82) is 0 Å². The Kier molecular flexibility index (Phi) is 4.51. The zero-order valence-corrected chi connectivity index (χ0v) is 17.5. The topological polar surface area (TPSA) is 63.6 Å². The van der Waals surface area contributed by atoms with Gasteiger partial charge in [0, 0.05) is 25.5 Å². The average molecular weight is 400 g/mol. The largest absolute Gasteiger partial charge is 0.421 e. The average Bonchev–Trinajstić information content (AvgIpc) is 3.18. The predicted octanol–water partition coefficient (Wildman–Crippen LogP) is 4.23. The van der Waals surface area contributed by atoms with Crippen molar-refractivity contribution in [3.63, 3.8) is 0 Å². The van der Waals surface area contributed by atoms with E-state index in [4.69, 9.17) is 4.42 Å². The van der Waals surface area contributed by atoms with E-state index in [9.17, 15) is 4.79 Å². The summed E-state index contributed by atoms with van der Waals surface area (Å²) in [6.45, 7) is 9.12. The van der Waals surface area contributed by atoms with Gasteiger partial charge in [0.2, 0.25) is 0 Å². The smallest absolute Gasteiger partial charge is 0.344 e. The lowest BCUT2D eigenvalue weighted by molar-refractivity contribution is 0.319. The fourth-order valence-electron chi connectivity index (χ4n) is 4.19. The molecule has 0 aliphatic carbocycles. The van der Waals surface area contributed by atoms with Crippen LogP contribution < -0.4 is 5.63 Å². The van der Waals surface area contributed by atoms with Gasteiger partial charge in [0.15, 0.2) is 11.4 Å². The molecule has 1 aliphatic heterocycles. The lowest BCUT2D eigenvalue weighted by Gasteiger charge is -2.25. The Balaban J connectivity index is 1.56. The fourth-order valence-corrected chi connectivity index (χ4v) is 4.19. The Morgan fingerprint density at radius 3 is 2.77 bits per heavy atom. The second kappa shape index (κ2) is 7.22. The molecule has 6 nitrogen and oxygen atoms in total. The van der Waals surface area contributed by atoms with Gasteiger partial charge >= 0.3 is 5.63 Å². The van der Waals surface area contributed by atoms with Crippen LogP contribution in [0.15, 0.2) is 51.9 Å². The van der Waals surface area contributed by atoms with Crippen LogP contribution in [0.4, 0.5) is 0 Å². The number of hydrogen-bond donors (Lipinski definition) is 0. The van der Waals surface area contributed by atoms with E-state index in [-0.39, 0.29) is 5.63 Å². The van der Waals surface area contributed by atoms with Crippen molar-refractivity contribution in [3.8, 4) is 11.5 Å². The van der Waals surface area contributed by atoms with Gasteiger partial charge in [-0.15, -0.1) is 0 Å². The van der Waals surface area contributed by atoms with Gasteiger partial charge in [-0.25, -0.2) is 9.78 Å². The molecule has 1 aliphatic rings. The number of hydrogen-bond acceptors (Lipinski definition) is 5. The van der Waals surface area contributed by atoms with E-state index < -0.39 is 0 Å². The predicted molar refractivity (Wildman–Crippen MR) is 119 cm³/mol. The molecule has 3 aromatic heterocycles. The number of imidazole rings is 1. The minimum atomic E-state index is -0.334. The highest BCUT2D eigenvalue weighted by Gasteiger charge is 2.15. The molecule has 0 saturated carbocycles. The number of rotatable bonds is 3. The van der Waals surface area contributed by atoms with E-state index >= 15 is 0 Å². The first-order valence-corrected chi connectivity index (χ1v) is 10.3. The number of likely N-dealkylation sites (N-methyl/N-ethyl adjacent to an activating group) is 1. The second-order valence-corrected chi connectivity index (χ2v) is 7.90. The number of benzene rings is 1. The second-order valence-electron chi connectivity index (χ2n) is 7.90. The summed E-state index contributed by atoms with van der Waals surface area (Å²) in [5.41, 5.74) is 5.21. The van der Waals surface area contributed by atoms with E-state index in [1.165, 1.54) is 5.57 Å². The van der Waals surface area contributed by atoms with Crippen molar-refractivity contribution < 1.29 is 4.42 Å². The SMILES string of the molecule is CCN1CC=C(c2ccc3cc(-c4cn5cc(C)nc(C)c5n4)oc(=O)c3c2)CC1. The van der Waals surface area contributed by atoms with Crippen molar-refractivity contribution >= 4 is 22.0 Å². The molecule has 0 saturated heterocycles. The highest BCUT2D eigenvalue weighted by molar-refractivity contribution is 5.87. The van der Waals surface area contributed by atoms with Crippen LogP contribution in [-0.2, 0) is 0 Å². The number of fused-ring (bicyclic) bond motifs is 2. The third-order valence-electron chi connectivity index (χ3n) is 5.85. The molecule has 0 amide bonds. The highest BCUT2D eigenvalue weighted by Crippen LogP contribution is 2.27. The molecule has 152 valence electrons. The fraction of sp³-hybridized carbons (Fsp3) is 0.292. The van der Waals surface area contributed by atoms with Crippen LogP contribution in [0.2, 0.25) is 0 Å². The zero-order valence-electron chi connectivity index (χ0n) is 17.5. The molecule has 0 radical (unpaired) electrons. The number of aryl methyl sites for hydroxylation is 2. The Bertz CT molecular complexity index is 1360. The van der Waals surface area contributed by atoms with Gasteiger partial charge in [-0.3, -0.25) is 9.88 Å². The number of nitrogens with zero attached hydrogens (tertiary/aromatic N) is 4. The van der Waals surface area contributed by atoms with Gasteiger partial charge in [0.1, 0.15) is 5.69 Å². The zero-order chi connectivity index (χ0) is 20.8. The molecular formula is C24H24N4O2. The van der Waals surface area contributed by atoms with E-state index in [1.54, 1.807) is 0 Å². The van der Waals surface area contributed by atoms with Crippen LogP contribution in [-0.4, -0.2) is 38.9 Å². The van der Waals surface area contributed by atoms with Gasteiger partial charge in [0.05, 0.1) is 16.8 Å². The quantitative estimate of drug-likeness (QED) is 0.515. The van der Waals surface area contributed by atoms with Gasteiger partial charge in [0.25, 0.3) is 0 Å². The molecule has 1 aromatic carbocycles. The molecule has 4 aromatic rings. The summed E-state index contributed by atoms with van der Waals surface area (Å²) in [6, 6.07) is 7.95. The highest BCUT2D eigenvalue weighted by atomic mass is 16.4. The minimum Gasteiger partial charge on any atom is -0.421 e. The first-order chi connectivity index (χ1) is 14.5. The number of aromatic nitrogens is 3. The van der Waals surface area contributed by atoms with Crippen molar-refractivity contribution in [3.05, 3.63) is 70.1 Å². The third-order valence-corrected chi connectivity index (χ3v) is 5.85. The van der Waals surface area contributed by atoms with Gasteiger partial charge in [-0.2, -0.15) is 0 Å². The molecule has 30 heavy (non-hydrogen) atoms. The Hall–Kier alpha value is -3.25. The summed E-state index contributed by atoms with van der Waals surface area (Å²) in [5, 5.41) is 1.47. The van der Waals surface area contributed by atoms with Crippen LogP contribution in [0.5, 0.6) is 0 Å².